The van der Waals surface area contributed by atoms with E-state index >= 15 is 0 Å². The number of nitrogens with zero attached hydrogens (tertiary/aromatic N) is 1. The molecule has 0 radical (unpaired) electrons. The van der Waals surface area contributed by atoms with Crippen molar-refractivity contribution in [1.82, 2.24) is 4.90 Å². The molecule has 1 heterocycles. The second kappa shape index (κ2) is 5.17. The Morgan fingerprint density at radius 2 is 2.00 bits per heavy atom. The lowest BCUT2D eigenvalue weighted by Crippen LogP contribution is -2.44. The first-order valence-electron chi connectivity index (χ1n) is 5.76. The Hall–Kier alpha value is -0.570. The second-order valence-electron chi connectivity index (χ2n) is 4.58. The van der Waals surface area contributed by atoms with Crippen LogP contribution in [0.15, 0.2) is 24.3 Å². The third kappa shape index (κ3) is 3.21. The molecule has 1 fully saturated rings. The molecule has 2 rings (SSSR count). The summed E-state index contributed by atoms with van der Waals surface area (Å²) >= 11 is 5.98. The minimum absolute atomic E-state index is 0.322. The van der Waals surface area contributed by atoms with Gasteiger partial charge in [-0.25, -0.2) is 0 Å². The van der Waals surface area contributed by atoms with Crippen LogP contribution in [-0.2, 0) is 11.3 Å². The van der Waals surface area contributed by atoms with Crippen molar-refractivity contribution < 1.29 is 4.74 Å². The maximum absolute atomic E-state index is 5.98. The monoisotopic (exact) mass is 239 g/mol. The molecule has 0 aliphatic carbocycles. The van der Waals surface area contributed by atoms with Gasteiger partial charge in [0.2, 0.25) is 0 Å². The van der Waals surface area contributed by atoms with Crippen LogP contribution < -0.4 is 0 Å². The molecule has 2 atom stereocenters. The fourth-order valence-electron chi connectivity index (χ4n) is 2.31. The Kier molecular flexibility index (Phi) is 3.85. The van der Waals surface area contributed by atoms with E-state index in [2.05, 4.69) is 24.8 Å². The molecule has 2 nitrogen and oxygen atoms in total. The zero-order chi connectivity index (χ0) is 11.5. The number of hydrogen-bond donors (Lipinski definition) is 0. The van der Waals surface area contributed by atoms with Gasteiger partial charge < -0.3 is 4.74 Å². The molecule has 1 aromatic rings. The molecule has 1 aliphatic heterocycles. The van der Waals surface area contributed by atoms with E-state index < -0.39 is 0 Å². The van der Waals surface area contributed by atoms with Gasteiger partial charge in [-0.3, -0.25) is 4.90 Å². The Morgan fingerprint density at radius 3 is 2.62 bits per heavy atom. The molecular formula is C13H18ClNO. The highest BCUT2D eigenvalue weighted by Gasteiger charge is 2.21. The number of halogens is 1. The third-order valence-electron chi connectivity index (χ3n) is 2.79. The van der Waals surface area contributed by atoms with Gasteiger partial charge in [0.05, 0.1) is 12.2 Å². The van der Waals surface area contributed by atoms with Gasteiger partial charge in [-0.15, -0.1) is 0 Å². The second-order valence-corrected chi connectivity index (χ2v) is 5.02. The lowest BCUT2D eigenvalue weighted by molar-refractivity contribution is -0.0704. The lowest BCUT2D eigenvalue weighted by atomic mass is 10.1. The highest BCUT2D eigenvalue weighted by molar-refractivity contribution is 6.30. The van der Waals surface area contributed by atoms with Gasteiger partial charge in [0.25, 0.3) is 0 Å². The maximum atomic E-state index is 5.98. The first-order valence-corrected chi connectivity index (χ1v) is 6.13. The van der Waals surface area contributed by atoms with Crippen molar-refractivity contribution in [2.75, 3.05) is 13.1 Å². The number of hydrogen-bond acceptors (Lipinski definition) is 2. The van der Waals surface area contributed by atoms with Gasteiger partial charge in [-0.05, 0) is 31.5 Å². The molecule has 88 valence electrons. The average Bonchev–Trinajstić information content (AvgIpc) is 2.15. The summed E-state index contributed by atoms with van der Waals surface area (Å²) in [6.07, 6.45) is 0.644. The summed E-state index contributed by atoms with van der Waals surface area (Å²) in [5, 5.41) is 0.812. The van der Waals surface area contributed by atoms with Gasteiger partial charge in [0.15, 0.2) is 0 Å². The van der Waals surface area contributed by atoms with E-state index in [0.29, 0.717) is 12.2 Å². The quantitative estimate of drug-likeness (QED) is 0.787. The average molecular weight is 240 g/mol. The number of ether oxygens (including phenoxy) is 1. The van der Waals surface area contributed by atoms with E-state index in [0.717, 1.165) is 24.7 Å². The van der Waals surface area contributed by atoms with Crippen LogP contribution in [0.3, 0.4) is 0 Å². The molecule has 0 unspecified atom stereocenters. The van der Waals surface area contributed by atoms with Gasteiger partial charge in [-0.2, -0.15) is 0 Å². The molecule has 0 aromatic heterocycles. The molecule has 0 bridgehead atoms. The van der Waals surface area contributed by atoms with Crippen molar-refractivity contribution in [1.29, 1.82) is 0 Å². The van der Waals surface area contributed by atoms with Crippen LogP contribution in [0, 0.1) is 0 Å². The molecular weight excluding hydrogens is 222 g/mol. The summed E-state index contributed by atoms with van der Waals surface area (Å²) in [6.45, 7) is 7.20. The first kappa shape index (κ1) is 11.9. The predicted octanol–water partition coefficient (Wildman–Crippen LogP) is 2.95. The van der Waals surface area contributed by atoms with E-state index in [4.69, 9.17) is 16.3 Å². The Balaban J connectivity index is 1.98. The van der Waals surface area contributed by atoms with Gasteiger partial charge in [0, 0.05) is 24.7 Å². The number of morpholine rings is 1. The molecule has 3 heteroatoms. The van der Waals surface area contributed by atoms with Crippen LogP contribution in [-0.4, -0.2) is 30.2 Å². The molecule has 1 saturated heterocycles. The van der Waals surface area contributed by atoms with Gasteiger partial charge >= 0.3 is 0 Å². The predicted molar refractivity (Wildman–Crippen MR) is 66.7 cm³/mol. The Labute approximate surface area is 102 Å². The molecule has 1 aliphatic rings. The zero-order valence-electron chi connectivity index (χ0n) is 9.82. The zero-order valence-corrected chi connectivity index (χ0v) is 10.6. The van der Waals surface area contributed by atoms with Crippen molar-refractivity contribution in [3.63, 3.8) is 0 Å². The van der Waals surface area contributed by atoms with Crippen LogP contribution >= 0.6 is 11.6 Å². The van der Waals surface area contributed by atoms with Crippen LogP contribution in [0.5, 0.6) is 0 Å². The SMILES string of the molecule is C[C@@H]1CN(Cc2cccc(Cl)c2)C[C@@H](C)O1. The Bertz CT molecular complexity index is 346. The smallest absolute Gasteiger partial charge is 0.0678 e. The van der Waals surface area contributed by atoms with E-state index in [1.165, 1.54) is 5.56 Å². The van der Waals surface area contributed by atoms with Crippen molar-refractivity contribution in [3.8, 4) is 0 Å². The number of rotatable bonds is 2. The maximum Gasteiger partial charge on any atom is 0.0678 e. The minimum atomic E-state index is 0.322. The normalized spacial score (nSPS) is 26.9. The highest BCUT2D eigenvalue weighted by Crippen LogP contribution is 2.16. The lowest BCUT2D eigenvalue weighted by Gasteiger charge is -2.35. The highest BCUT2D eigenvalue weighted by atomic mass is 35.5. The van der Waals surface area contributed by atoms with Crippen molar-refractivity contribution >= 4 is 11.6 Å². The fourth-order valence-corrected chi connectivity index (χ4v) is 2.52. The van der Waals surface area contributed by atoms with E-state index in [1.54, 1.807) is 0 Å². The van der Waals surface area contributed by atoms with Crippen LogP contribution in [0.1, 0.15) is 19.4 Å². The fraction of sp³-hybridized carbons (Fsp3) is 0.538. The molecule has 1 aromatic carbocycles. The largest absolute Gasteiger partial charge is 0.373 e. The number of benzene rings is 1. The van der Waals surface area contributed by atoms with Crippen LogP contribution in [0.25, 0.3) is 0 Å². The summed E-state index contributed by atoms with van der Waals surface area (Å²) in [5.74, 6) is 0. The molecule has 16 heavy (non-hydrogen) atoms. The summed E-state index contributed by atoms with van der Waals surface area (Å²) in [7, 11) is 0. The summed E-state index contributed by atoms with van der Waals surface area (Å²) in [5.41, 5.74) is 1.27. The third-order valence-corrected chi connectivity index (χ3v) is 3.03. The molecule has 0 N–H and O–H groups in total. The van der Waals surface area contributed by atoms with Crippen LogP contribution in [0.2, 0.25) is 5.02 Å². The topological polar surface area (TPSA) is 12.5 Å². The standard InChI is InChI=1S/C13H18ClNO/c1-10-7-15(8-11(2)16-10)9-12-4-3-5-13(14)6-12/h3-6,10-11H,7-9H2,1-2H3/t10-,11-/m1/s1. The molecule has 0 spiro atoms. The van der Waals surface area contributed by atoms with Gasteiger partial charge in [0.1, 0.15) is 0 Å². The van der Waals surface area contributed by atoms with E-state index in [-0.39, 0.29) is 0 Å². The molecule has 0 saturated carbocycles. The van der Waals surface area contributed by atoms with E-state index in [1.807, 2.05) is 18.2 Å². The van der Waals surface area contributed by atoms with Gasteiger partial charge in [-0.1, -0.05) is 23.7 Å². The van der Waals surface area contributed by atoms with Crippen molar-refractivity contribution in [2.45, 2.75) is 32.6 Å². The Morgan fingerprint density at radius 1 is 1.31 bits per heavy atom. The van der Waals surface area contributed by atoms with Crippen molar-refractivity contribution in [3.05, 3.63) is 34.9 Å². The molecule has 0 amide bonds. The summed E-state index contributed by atoms with van der Waals surface area (Å²) in [6, 6.07) is 8.07. The first-order chi connectivity index (χ1) is 7.63. The summed E-state index contributed by atoms with van der Waals surface area (Å²) < 4.78 is 5.71. The van der Waals surface area contributed by atoms with E-state index in [9.17, 15) is 0 Å². The minimum Gasteiger partial charge on any atom is -0.373 e. The summed E-state index contributed by atoms with van der Waals surface area (Å²) in [4.78, 5) is 2.42. The van der Waals surface area contributed by atoms with Crippen LogP contribution in [0.4, 0.5) is 0 Å². The van der Waals surface area contributed by atoms with Crippen molar-refractivity contribution in [2.24, 2.45) is 0 Å².